The molecule has 0 aliphatic carbocycles. The fourth-order valence-electron chi connectivity index (χ4n) is 3.94. The number of aryl methyl sites for hydroxylation is 1. The summed E-state index contributed by atoms with van der Waals surface area (Å²) in [5.74, 6) is -1.42. The number of phenols is 1. The quantitative estimate of drug-likeness (QED) is 0.527. The Hall–Kier alpha value is -2.84. The maximum Gasteiger partial charge on any atom is 0.327 e. The standard InChI is InChI=1S/C23H22N2O4S2/c1-24-10-2-3-16-11-15(6-9-18(16)24)13-20-21(27)25(23(30)31-20)19(22(28)29)12-14-4-7-17(26)8-5-14/h4-9,11,13,19,26H,2-3,10,12H2,1H3,(H,28,29)/b20-13-. The zero-order valence-corrected chi connectivity index (χ0v) is 18.6. The van der Waals surface area contributed by atoms with Crippen molar-refractivity contribution in [3.8, 4) is 5.75 Å². The second kappa shape index (κ2) is 8.72. The smallest absolute Gasteiger partial charge is 0.327 e. The maximum atomic E-state index is 13.1. The lowest BCUT2D eigenvalue weighted by Crippen LogP contribution is -2.45. The average Bonchev–Trinajstić information content (AvgIpc) is 3.00. The molecule has 2 heterocycles. The summed E-state index contributed by atoms with van der Waals surface area (Å²) in [4.78, 5) is 28.9. The lowest BCUT2D eigenvalue weighted by Gasteiger charge is -2.27. The van der Waals surface area contributed by atoms with Crippen LogP contribution in [0.1, 0.15) is 23.1 Å². The number of fused-ring (bicyclic) bond motifs is 1. The minimum atomic E-state index is -1.12. The monoisotopic (exact) mass is 454 g/mol. The van der Waals surface area contributed by atoms with Gasteiger partial charge in [0.1, 0.15) is 16.1 Å². The minimum Gasteiger partial charge on any atom is -0.508 e. The molecule has 2 aromatic carbocycles. The molecule has 1 fully saturated rings. The van der Waals surface area contributed by atoms with Crippen molar-refractivity contribution in [1.82, 2.24) is 4.90 Å². The van der Waals surface area contributed by atoms with E-state index in [-0.39, 0.29) is 16.5 Å². The number of carboxylic acids is 1. The lowest BCUT2D eigenvalue weighted by atomic mass is 9.99. The Morgan fingerprint density at radius 2 is 2.00 bits per heavy atom. The first kappa shape index (κ1) is 21.4. The van der Waals surface area contributed by atoms with Crippen LogP contribution in [0.5, 0.6) is 5.75 Å². The highest BCUT2D eigenvalue weighted by atomic mass is 32.2. The highest BCUT2D eigenvalue weighted by Gasteiger charge is 2.40. The van der Waals surface area contributed by atoms with Crippen LogP contribution >= 0.6 is 24.0 Å². The van der Waals surface area contributed by atoms with Crippen LogP contribution in [0.2, 0.25) is 0 Å². The van der Waals surface area contributed by atoms with Gasteiger partial charge in [0, 0.05) is 25.7 Å². The Bertz CT molecular complexity index is 1080. The van der Waals surface area contributed by atoms with Crippen LogP contribution in [-0.2, 0) is 22.4 Å². The summed E-state index contributed by atoms with van der Waals surface area (Å²) in [5, 5.41) is 19.2. The summed E-state index contributed by atoms with van der Waals surface area (Å²) in [6, 6.07) is 11.3. The number of phenolic OH excluding ortho intramolecular Hbond substituents is 1. The molecule has 1 saturated heterocycles. The molecule has 2 N–H and O–H groups in total. The van der Waals surface area contributed by atoms with E-state index in [0.29, 0.717) is 10.5 Å². The molecule has 1 amide bonds. The number of amides is 1. The molecule has 31 heavy (non-hydrogen) atoms. The third-order valence-electron chi connectivity index (χ3n) is 5.54. The average molecular weight is 455 g/mol. The molecule has 6 nitrogen and oxygen atoms in total. The number of aliphatic carboxylic acids is 1. The minimum absolute atomic E-state index is 0.0976. The van der Waals surface area contributed by atoms with E-state index in [4.69, 9.17) is 12.2 Å². The maximum absolute atomic E-state index is 13.1. The summed E-state index contributed by atoms with van der Waals surface area (Å²) in [7, 11) is 2.07. The Kier molecular flexibility index (Phi) is 6.02. The number of carboxylic acid groups (broad SMARTS) is 1. The topological polar surface area (TPSA) is 81.1 Å². The molecular weight excluding hydrogens is 432 g/mol. The van der Waals surface area contributed by atoms with Gasteiger partial charge in [0.05, 0.1) is 4.91 Å². The normalized spacial score (nSPS) is 18.4. The Morgan fingerprint density at radius 1 is 1.26 bits per heavy atom. The van der Waals surface area contributed by atoms with Crippen molar-refractivity contribution in [2.24, 2.45) is 0 Å². The van der Waals surface area contributed by atoms with Gasteiger partial charge in [-0.25, -0.2) is 4.79 Å². The first-order valence-corrected chi connectivity index (χ1v) is 11.2. The van der Waals surface area contributed by atoms with Crippen molar-refractivity contribution in [1.29, 1.82) is 0 Å². The third kappa shape index (κ3) is 4.45. The van der Waals surface area contributed by atoms with Crippen molar-refractivity contribution in [2.45, 2.75) is 25.3 Å². The van der Waals surface area contributed by atoms with Crippen LogP contribution < -0.4 is 4.90 Å². The van der Waals surface area contributed by atoms with Gasteiger partial charge in [0.25, 0.3) is 5.91 Å². The van der Waals surface area contributed by atoms with Gasteiger partial charge in [-0.2, -0.15) is 0 Å². The van der Waals surface area contributed by atoms with Crippen molar-refractivity contribution in [3.05, 3.63) is 64.1 Å². The number of nitrogens with zero attached hydrogens (tertiary/aromatic N) is 2. The Balaban J connectivity index is 1.58. The molecule has 2 aromatic rings. The summed E-state index contributed by atoms with van der Waals surface area (Å²) in [5.41, 5.74) is 4.05. The van der Waals surface area contributed by atoms with E-state index in [9.17, 15) is 19.8 Å². The lowest BCUT2D eigenvalue weighted by molar-refractivity contribution is -0.145. The van der Waals surface area contributed by atoms with Gasteiger partial charge in [-0.3, -0.25) is 9.69 Å². The van der Waals surface area contributed by atoms with Gasteiger partial charge in [0.15, 0.2) is 0 Å². The molecule has 0 radical (unpaired) electrons. The van der Waals surface area contributed by atoms with Crippen molar-refractivity contribution in [3.63, 3.8) is 0 Å². The molecule has 1 atom stereocenters. The number of anilines is 1. The summed E-state index contributed by atoms with van der Waals surface area (Å²) in [6.07, 6.45) is 3.97. The van der Waals surface area contributed by atoms with Gasteiger partial charge in [-0.05, 0) is 59.9 Å². The second-order valence-corrected chi connectivity index (χ2v) is 9.37. The Morgan fingerprint density at radius 3 is 2.71 bits per heavy atom. The number of hydrogen-bond donors (Lipinski definition) is 2. The van der Waals surface area contributed by atoms with E-state index >= 15 is 0 Å². The van der Waals surface area contributed by atoms with E-state index in [1.165, 1.54) is 28.3 Å². The number of benzene rings is 2. The fraction of sp³-hybridized carbons (Fsp3) is 0.261. The molecule has 1 unspecified atom stereocenters. The van der Waals surface area contributed by atoms with Crippen molar-refractivity contribution in [2.75, 3.05) is 18.5 Å². The molecular formula is C23H22N2O4S2. The third-order valence-corrected chi connectivity index (χ3v) is 6.87. The molecule has 0 bridgehead atoms. The van der Waals surface area contributed by atoms with Crippen LogP contribution in [0.4, 0.5) is 5.69 Å². The van der Waals surface area contributed by atoms with Gasteiger partial charge >= 0.3 is 5.97 Å². The highest BCUT2D eigenvalue weighted by molar-refractivity contribution is 8.26. The predicted molar refractivity (Wildman–Crippen MR) is 126 cm³/mol. The van der Waals surface area contributed by atoms with Crippen LogP contribution in [0.15, 0.2) is 47.4 Å². The first-order chi connectivity index (χ1) is 14.8. The van der Waals surface area contributed by atoms with E-state index < -0.39 is 17.9 Å². The second-order valence-electron chi connectivity index (χ2n) is 7.69. The SMILES string of the molecule is CN1CCCc2cc(/C=C3\SC(=S)N(C(Cc4ccc(O)cc4)C(=O)O)C3=O)ccc21. The molecule has 0 saturated carbocycles. The Labute approximate surface area is 190 Å². The number of carbonyl (C=O) groups excluding carboxylic acids is 1. The predicted octanol–water partition coefficient (Wildman–Crippen LogP) is 3.67. The molecule has 4 rings (SSSR count). The number of aromatic hydroxyl groups is 1. The van der Waals surface area contributed by atoms with Crippen LogP contribution in [0, 0.1) is 0 Å². The summed E-state index contributed by atoms with van der Waals surface area (Å²) in [6.45, 7) is 1.03. The summed E-state index contributed by atoms with van der Waals surface area (Å²) >= 11 is 6.50. The van der Waals surface area contributed by atoms with E-state index in [2.05, 4.69) is 24.1 Å². The van der Waals surface area contributed by atoms with Crippen LogP contribution in [0.25, 0.3) is 6.08 Å². The van der Waals surface area contributed by atoms with Gasteiger partial charge < -0.3 is 15.1 Å². The van der Waals surface area contributed by atoms with Crippen molar-refractivity contribution >= 4 is 51.9 Å². The van der Waals surface area contributed by atoms with Gasteiger partial charge in [-0.15, -0.1) is 0 Å². The van der Waals surface area contributed by atoms with E-state index in [0.717, 1.165) is 36.7 Å². The van der Waals surface area contributed by atoms with Gasteiger partial charge in [0.2, 0.25) is 0 Å². The molecule has 8 heteroatoms. The van der Waals surface area contributed by atoms with Crippen molar-refractivity contribution < 1.29 is 19.8 Å². The number of carbonyl (C=O) groups is 2. The first-order valence-electron chi connectivity index (χ1n) is 9.95. The number of thiocarbonyl (C=S) groups is 1. The molecule has 2 aliphatic rings. The van der Waals surface area contributed by atoms with E-state index in [1.54, 1.807) is 18.2 Å². The number of hydrogen-bond acceptors (Lipinski definition) is 6. The van der Waals surface area contributed by atoms with Crippen LogP contribution in [0.3, 0.4) is 0 Å². The largest absolute Gasteiger partial charge is 0.508 e. The molecule has 2 aliphatic heterocycles. The zero-order chi connectivity index (χ0) is 22.1. The fourth-order valence-corrected chi connectivity index (χ4v) is 5.30. The zero-order valence-electron chi connectivity index (χ0n) is 16.9. The van der Waals surface area contributed by atoms with Gasteiger partial charge in [-0.1, -0.05) is 42.2 Å². The molecule has 0 aromatic heterocycles. The number of thioether (sulfide) groups is 1. The highest BCUT2D eigenvalue weighted by Crippen LogP contribution is 2.36. The number of rotatable bonds is 5. The molecule has 160 valence electrons. The molecule has 0 spiro atoms. The van der Waals surface area contributed by atoms with Crippen LogP contribution in [-0.4, -0.2) is 50.9 Å². The van der Waals surface area contributed by atoms with E-state index in [1.807, 2.05) is 6.07 Å². The summed E-state index contributed by atoms with van der Waals surface area (Å²) < 4.78 is 0.236.